The van der Waals surface area contributed by atoms with Crippen molar-refractivity contribution in [2.75, 3.05) is 18.9 Å². The zero-order valence-electron chi connectivity index (χ0n) is 10.5. The lowest BCUT2D eigenvalue weighted by atomic mass is 10.1. The smallest absolute Gasteiger partial charge is 0.0669 e. The van der Waals surface area contributed by atoms with Gasteiger partial charge in [-0.3, -0.25) is 0 Å². The van der Waals surface area contributed by atoms with Gasteiger partial charge in [0.1, 0.15) is 0 Å². The summed E-state index contributed by atoms with van der Waals surface area (Å²) in [4.78, 5) is 2.38. The van der Waals surface area contributed by atoms with Crippen LogP contribution >= 0.6 is 0 Å². The van der Waals surface area contributed by atoms with Gasteiger partial charge in [0.25, 0.3) is 0 Å². The maximum Gasteiger partial charge on any atom is 0.0669 e. The van der Waals surface area contributed by atoms with E-state index in [0.717, 1.165) is 17.8 Å². The summed E-state index contributed by atoms with van der Waals surface area (Å²) in [5.41, 5.74) is 2.23. The summed E-state index contributed by atoms with van der Waals surface area (Å²) in [7, 11) is 2.17. The van der Waals surface area contributed by atoms with Gasteiger partial charge in [0.05, 0.1) is 12.5 Å². The highest BCUT2D eigenvalue weighted by Crippen LogP contribution is 2.19. The van der Waals surface area contributed by atoms with Gasteiger partial charge in [0.2, 0.25) is 0 Å². The van der Waals surface area contributed by atoms with Gasteiger partial charge in [-0.1, -0.05) is 12.1 Å². The second-order valence-corrected chi connectivity index (χ2v) is 4.90. The molecule has 0 saturated carbocycles. The summed E-state index contributed by atoms with van der Waals surface area (Å²) >= 11 is 0. The fourth-order valence-electron chi connectivity index (χ4n) is 2.34. The van der Waals surface area contributed by atoms with Crippen LogP contribution in [0.1, 0.15) is 18.9 Å². The SMILES string of the molecule is CC1CC(Nc2ccc(CC#N)cc2)CN1C. The first-order valence-electron chi connectivity index (χ1n) is 6.11. The number of hydrogen-bond donors (Lipinski definition) is 1. The quantitative estimate of drug-likeness (QED) is 0.864. The normalized spacial score (nSPS) is 24.5. The molecule has 1 fully saturated rings. The average molecular weight is 229 g/mol. The van der Waals surface area contributed by atoms with Crippen LogP contribution in [0.4, 0.5) is 5.69 Å². The van der Waals surface area contributed by atoms with Crippen LogP contribution in [0.3, 0.4) is 0 Å². The number of hydrogen-bond acceptors (Lipinski definition) is 3. The Bertz CT molecular complexity index is 394. The van der Waals surface area contributed by atoms with Crippen LogP contribution in [0.25, 0.3) is 0 Å². The second-order valence-electron chi connectivity index (χ2n) is 4.90. The fraction of sp³-hybridized carbons (Fsp3) is 0.500. The molecule has 0 radical (unpaired) electrons. The van der Waals surface area contributed by atoms with Gasteiger partial charge in [0, 0.05) is 24.3 Å². The predicted molar refractivity (Wildman–Crippen MR) is 69.9 cm³/mol. The monoisotopic (exact) mass is 229 g/mol. The minimum absolute atomic E-state index is 0.490. The third kappa shape index (κ3) is 2.98. The van der Waals surface area contributed by atoms with Crippen LogP contribution < -0.4 is 5.32 Å². The number of nitrogens with zero attached hydrogens (tertiary/aromatic N) is 2. The Hall–Kier alpha value is -1.53. The lowest BCUT2D eigenvalue weighted by Gasteiger charge is -2.14. The molecule has 3 heteroatoms. The molecule has 0 spiro atoms. The number of nitrogens with one attached hydrogen (secondary N) is 1. The molecule has 1 aliphatic rings. The molecule has 0 amide bonds. The van der Waals surface area contributed by atoms with E-state index in [9.17, 15) is 0 Å². The van der Waals surface area contributed by atoms with Crippen molar-refractivity contribution >= 4 is 5.69 Å². The van der Waals surface area contributed by atoms with Gasteiger partial charge in [-0.25, -0.2) is 0 Å². The molecule has 0 aromatic heterocycles. The first kappa shape index (κ1) is 11.9. The molecule has 90 valence electrons. The maximum absolute atomic E-state index is 8.61. The topological polar surface area (TPSA) is 39.1 Å². The molecule has 1 saturated heterocycles. The van der Waals surface area contributed by atoms with E-state index in [1.54, 1.807) is 0 Å². The van der Waals surface area contributed by atoms with E-state index >= 15 is 0 Å². The fourth-order valence-corrected chi connectivity index (χ4v) is 2.34. The molecule has 1 aromatic carbocycles. The Labute approximate surface area is 103 Å². The Kier molecular flexibility index (Phi) is 3.65. The number of rotatable bonds is 3. The number of likely N-dealkylation sites (N-methyl/N-ethyl adjacent to an activating group) is 1. The molecular weight excluding hydrogens is 210 g/mol. The van der Waals surface area contributed by atoms with Gasteiger partial charge in [0.15, 0.2) is 0 Å². The van der Waals surface area contributed by atoms with E-state index in [1.165, 1.54) is 6.42 Å². The highest BCUT2D eigenvalue weighted by Gasteiger charge is 2.25. The Morgan fingerprint density at radius 3 is 2.65 bits per heavy atom. The molecule has 2 atom stereocenters. The molecule has 2 unspecified atom stereocenters. The van der Waals surface area contributed by atoms with Crippen LogP contribution in [0.15, 0.2) is 24.3 Å². The number of anilines is 1. The van der Waals surface area contributed by atoms with E-state index in [2.05, 4.69) is 42.4 Å². The van der Waals surface area contributed by atoms with Crippen molar-refractivity contribution in [3.63, 3.8) is 0 Å². The highest BCUT2D eigenvalue weighted by molar-refractivity contribution is 5.46. The molecule has 1 heterocycles. The number of nitriles is 1. The zero-order valence-corrected chi connectivity index (χ0v) is 10.5. The summed E-state index contributed by atoms with van der Waals surface area (Å²) in [6.45, 7) is 3.36. The minimum Gasteiger partial charge on any atom is -0.381 e. The van der Waals surface area contributed by atoms with Crippen LogP contribution in [-0.4, -0.2) is 30.6 Å². The third-order valence-electron chi connectivity index (χ3n) is 3.49. The lowest BCUT2D eigenvalue weighted by Crippen LogP contribution is -2.24. The molecule has 0 bridgehead atoms. The maximum atomic E-state index is 8.61. The van der Waals surface area contributed by atoms with E-state index < -0.39 is 0 Å². The molecule has 1 aromatic rings. The Morgan fingerprint density at radius 2 is 2.12 bits per heavy atom. The molecule has 3 nitrogen and oxygen atoms in total. The van der Waals surface area contributed by atoms with Crippen molar-refractivity contribution in [1.82, 2.24) is 4.90 Å². The largest absolute Gasteiger partial charge is 0.381 e. The van der Waals surface area contributed by atoms with Crippen molar-refractivity contribution in [1.29, 1.82) is 5.26 Å². The second kappa shape index (κ2) is 5.20. The summed E-state index contributed by atoms with van der Waals surface area (Å²) in [6.07, 6.45) is 1.68. The van der Waals surface area contributed by atoms with Crippen molar-refractivity contribution in [2.24, 2.45) is 0 Å². The van der Waals surface area contributed by atoms with E-state index in [4.69, 9.17) is 5.26 Å². The van der Waals surface area contributed by atoms with Crippen LogP contribution in [0.5, 0.6) is 0 Å². The van der Waals surface area contributed by atoms with E-state index in [0.29, 0.717) is 18.5 Å². The van der Waals surface area contributed by atoms with Gasteiger partial charge in [-0.15, -0.1) is 0 Å². The molecular formula is C14H19N3. The average Bonchev–Trinajstić information content (AvgIpc) is 2.61. The van der Waals surface area contributed by atoms with Crippen molar-refractivity contribution < 1.29 is 0 Å². The zero-order chi connectivity index (χ0) is 12.3. The number of benzene rings is 1. The minimum atomic E-state index is 0.490. The van der Waals surface area contributed by atoms with Crippen LogP contribution in [0, 0.1) is 11.3 Å². The first-order valence-corrected chi connectivity index (χ1v) is 6.11. The van der Waals surface area contributed by atoms with Gasteiger partial charge in [-0.2, -0.15) is 5.26 Å². The van der Waals surface area contributed by atoms with Crippen molar-refractivity contribution in [2.45, 2.75) is 31.8 Å². The summed E-state index contributed by atoms with van der Waals surface area (Å²) in [6, 6.07) is 11.5. The summed E-state index contributed by atoms with van der Waals surface area (Å²) in [5, 5.41) is 12.2. The molecule has 1 N–H and O–H groups in total. The van der Waals surface area contributed by atoms with Gasteiger partial charge < -0.3 is 10.2 Å². The van der Waals surface area contributed by atoms with Crippen molar-refractivity contribution in [3.8, 4) is 6.07 Å². The van der Waals surface area contributed by atoms with Gasteiger partial charge in [-0.05, 0) is 38.1 Å². The molecule has 2 rings (SSSR count). The van der Waals surface area contributed by atoms with Crippen molar-refractivity contribution in [3.05, 3.63) is 29.8 Å². The standard InChI is InChI=1S/C14H19N3/c1-11-9-14(10-17(11)2)16-13-5-3-12(4-6-13)7-8-15/h3-6,11,14,16H,7,9-10H2,1-2H3. The first-order chi connectivity index (χ1) is 8.19. The summed E-state index contributed by atoms with van der Waals surface area (Å²) in [5.74, 6) is 0. The van der Waals surface area contributed by atoms with Crippen LogP contribution in [0.2, 0.25) is 0 Å². The Balaban J connectivity index is 1.93. The summed E-state index contributed by atoms with van der Waals surface area (Å²) < 4.78 is 0. The molecule has 1 aliphatic heterocycles. The predicted octanol–water partition coefficient (Wildman–Crippen LogP) is 2.26. The number of likely N-dealkylation sites (tertiary alicyclic amines) is 1. The molecule has 0 aliphatic carbocycles. The molecule has 17 heavy (non-hydrogen) atoms. The van der Waals surface area contributed by atoms with Gasteiger partial charge >= 0.3 is 0 Å². The Morgan fingerprint density at radius 1 is 1.41 bits per heavy atom. The lowest BCUT2D eigenvalue weighted by molar-refractivity contribution is 0.330. The third-order valence-corrected chi connectivity index (χ3v) is 3.49. The van der Waals surface area contributed by atoms with E-state index in [-0.39, 0.29) is 0 Å². The van der Waals surface area contributed by atoms with E-state index in [1.807, 2.05) is 12.1 Å². The van der Waals surface area contributed by atoms with Crippen LogP contribution in [-0.2, 0) is 6.42 Å². The highest BCUT2D eigenvalue weighted by atomic mass is 15.2.